The molecule has 0 N–H and O–H groups in total. The van der Waals surface area contributed by atoms with Crippen molar-refractivity contribution in [3.05, 3.63) is 42.2 Å². The first-order valence-corrected chi connectivity index (χ1v) is 6.68. The van der Waals surface area contributed by atoms with Crippen molar-refractivity contribution in [1.82, 2.24) is 14.6 Å². The van der Waals surface area contributed by atoms with Crippen molar-refractivity contribution in [2.45, 2.75) is 6.92 Å². The van der Waals surface area contributed by atoms with E-state index in [4.69, 9.17) is 4.74 Å². The van der Waals surface area contributed by atoms with Gasteiger partial charge in [0, 0.05) is 5.56 Å². The van der Waals surface area contributed by atoms with Crippen molar-refractivity contribution in [1.29, 1.82) is 0 Å². The minimum absolute atomic E-state index is 0.292. The van der Waals surface area contributed by atoms with Gasteiger partial charge in [0.05, 0.1) is 12.8 Å². The topological polar surface area (TPSA) is 56.5 Å². The summed E-state index contributed by atoms with van der Waals surface area (Å²) >= 11 is 1.44. The molecule has 0 fully saturated rings. The Morgan fingerprint density at radius 3 is 2.84 bits per heavy atom. The highest BCUT2D eigenvalue weighted by Crippen LogP contribution is 2.25. The average molecular weight is 273 g/mol. The Bertz CT molecular complexity index is 686. The number of benzene rings is 1. The van der Waals surface area contributed by atoms with Crippen LogP contribution in [0.2, 0.25) is 0 Å². The van der Waals surface area contributed by atoms with Crippen LogP contribution < -0.4 is 0 Å². The lowest BCUT2D eigenvalue weighted by atomic mass is 10.2. The molecule has 0 atom stereocenters. The molecule has 19 heavy (non-hydrogen) atoms. The molecule has 0 amide bonds. The van der Waals surface area contributed by atoms with E-state index in [9.17, 15) is 4.79 Å². The van der Waals surface area contributed by atoms with Crippen molar-refractivity contribution in [3.63, 3.8) is 0 Å². The molecule has 3 rings (SSSR count). The molecule has 0 saturated heterocycles. The Morgan fingerprint density at radius 2 is 2.16 bits per heavy atom. The van der Waals surface area contributed by atoms with Gasteiger partial charge in [-0.2, -0.15) is 5.10 Å². The molecule has 0 aliphatic heterocycles. The third-order valence-electron chi connectivity index (χ3n) is 2.55. The van der Waals surface area contributed by atoms with Gasteiger partial charge >= 0.3 is 5.97 Å². The fraction of sp³-hybridized carbons (Fsp3) is 0.154. The smallest absolute Gasteiger partial charge is 0.358 e. The summed E-state index contributed by atoms with van der Waals surface area (Å²) in [7, 11) is 0. The number of aromatic nitrogens is 3. The predicted molar refractivity (Wildman–Crippen MR) is 72.3 cm³/mol. The van der Waals surface area contributed by atoms with Crippen LogP contribution in [0.5, 0.6) is 0 Å². The molecule has 1 aromatic carbocycles. The summed E-state index contributed by atoms with van der Waals surface area (Å²) < 4.78 is 6.51. The van der Waals surface area contributed by atoms with Crippen molar-refractivity contribution < 1.29 is 9.53 Å². The zero-order valence-electron chi connectivity index (χ0n) is 10.2. The lowest BCUT2D eigenvalue weighted by molar-refractivity contribution is 0.0520. The van der Waals surface area contributed by atoms with Crippen LogP contribution >= 0.6 is 11.3 Å². The molecule has 0 aliphatic carbocycles. The molecule has 3 aromatic rings. The van der Waals surface area contributed by atoms with Gasteiger partial charge in [0.15, 0.2) is 5.69 Å². The monoisotopic (exact) mass is 273 g/mol. The molecule has 96 valence electrons. The van der Waals surface area contributed by atoms with Crippen LogP contribution in [0.1, 0.15) is 17.4 Å². The van der Waals surface area contributed by atoms with Crippen LogP contribution in [0.4, 0.5) is 0 Å². The molecule has 6 heteroatoms. The van der Waals surface area contributed by atoms with Gasteiger partial charge in [-0.15, -0.1) is 0 Å². The highest BCUT2D eigenvalue weighted by Gasteiger charge is 2.15. The Kier molecular flexibility index (Phi) is 3.00. The van der Waals surface area contributed by atoms with E-state index in [-0.39, 0.29) is 0 Å². The third-order valence-corrected chi connectivity index (χ3v) is 3.52. The maximum atomic E-state index is 11.5. The van der Waals surface area contributed by atoms with E-state index in [0.29, 0.717) is 17.3 Å². The molecule has 5 nitrogen and oxygen atoms in total. The first-order valence-electron chi connectivity index (χ1n) is 5.86. The number of fused-ring (bicyclic) bond motifs is 1. The fourth-order valence-corrected chi connectivity index (χ4v) is 2.59. The summed E-state index contributed by atoms with van der Waals surface area (Å²) in [6.45, 7) is 2.11. The van der Waals surface area contributed by atoms with Gasteiger partial charge in [0.2, 0.25) is 4.96 Å². The first-order chi connectivity index (χ1) is 9.28. The first kappa shape index (κ1) is 11.9. The standard InChI is InChI=1S/C13H11N3O2S/c1-2-18-12(17)10-8-16-13(14-10)19-11(15-16)9-6-4-3-5-7-9/h3-8H,2H2,1H3. The number of rotatable bonds is 3. The summed E-state index contributed by atoms with van der Waals surface area (Å²) in [6.07, 6.45) is 1.59. The van der Waals surface area contributed by atoms with E-state index >= 15 is 0 Å². The van der Waals surface area contributed by atoms with Crippen molar-refractivity contribution >= 4 is 22.3 Å². The van der Waals surface area contributed by atoms with Gasteiger partial charge in [0.25, 0.3) is 0 Å². The predicted octanol–water partition coefficient (Wildman–Crippen LogP) is 2.63. The summed E-state index contributed by atoms with van der Waals surface area (Å²) in [5, 5.41) is 5.28. The number of ether oxygens (including phenoxy) is 1. The molecular formula is C13H11N3O2S. The number of nitrogens with zero attached hydrogens (tertiary/aromatic N) is 3. The second-order valence-electron chi connectivity index (χ2n) is 3.85. The number of carbonyl (C=O) groups excluding carboxylic acids is 1. The van der Waals surface area contributed by atoms with Crippen LogP contribution in [0, 0.1) is 0 Å². The van der Waals surface area contributed by atoms with Gasteiger partial charge in [-0.3, -0.25) is 0 Å². The maximum absolute atomic E-state index is 11.5. The van der Waals surface area contributed by atoms with Crippen molar-refractivity contribution in [2.75, 3.05) is 6.61 Å². The Morgan fingerprint density at radius 1 is 1.37 bits per heavy atom. The normalized spacial score (nSPS) is 10.8. The van der Waals surface area contributed by atoms with E-state index in [1.165, 1.54) is 11.3 Å². The molecule has 2 aromatic heterocycles. The Hall–Kier alpha value is -2.21. The molecule has 2 heterocycles. The summed E-state index contributed by atoms with van der Waals surface area (Å²) in [5.74, 6) is -0.415. The minimum atomic E-state index is -0.415. The van der Waals surface area contributed by atoms with Gasteiger partial charge in [0.1, 0.15) is 5.01 Å². The van der Waals surface area contributed by atoms with Crippen molar-refractivity contribution in [2.24, 2.45) is 0 Å². The molecular weight excluding hydrogens is 262 g/mol. The van der Waals surface area contributed by atoms with E-state index in [1.807, 2.05) is 30.3 Å². The highest BCUT2D eigenvalue weighted by atomic mass is 32.1. The highest BCUT2D eigenvalue weighted by molar-refractivity contribution is 7.19. The van der Waals surface area contributed by atoms with E-state index < -0.39 is 5.97 Å². The van der Waals surface area contributed by atoms with E-state index in [1.54, 1.807) is 17.6 Å². The number of imidazole rings is 1. The van der Waals surface area contributed by atoms with Gasteiger partial charge < -0.3 is 4.74 Å². The van der Waals surface area contributed by atoms with Crippen LogP contribution in [-0.2, 0) is 4.74 Å². The molecule has 0 unspecified atom stereocenters. The van der Waals surface area contributed by atoms with Crippen LogP contribution in [-0.4, -0.2) is 27.2 Å². The van der Waals surface area contributed by atoms with Crippen LogP contribution in [0.3, 0.4) is 0 Å². The molecule has 0 bridgehead atoms. The quantitative estimate of drug-likeness (QED) is 0.688. The maximum Gasteiger partial charge on any atom is 0.358 e. The van der Waals surface area contributed by atoms with Crippen LogP contribution in [0.25, 0.3) is 15.5 Å². The van der Waals surface area contributed by atoms with Crippen molar-refractivity contribution in [3.8, 4) is 10.6 Å². The second kappa shape index (κ2) is 4.81. The minimum Gasteiger partial charge on any atom is -0.461 e. The Balaban J connectivity index is 1.96. The third kappa shape index (κ3) is 2.22. The molecule has 0 aliphatic rings. The van der Waals surface area contributed by atoms with Crippen LogP contribution in [0.15, 0.2) is 36.5 Å². The molecule has 0 spiro atoms. The van der Waals surface area contributed by atoms with Gasteiger partial charge in [-0.25, -0.2) is 14.3 Å². The van der Waals surface area contributed by atoms with E-state index in [2.05, 4.69) is 10.1 Å². The van der Waals surface area contributed by atoms with Gasteiger partial charge in [-0.1, -0.05) is 41.7 Å². The molecule has 0 radical (unpaired) electrons. The molecule has 0 saturated carbocycles. The fourth-order valence-electron chi connectivity index (χ4n) is 1.70. The number of carbonyl (C=O) groups is 1. The zero-order chi connectivity index (χ0) is 13.2. The lowest BCUT2D eigenvalue weighted by Gasteiger charge is -1.95. The number of hydrogen-bond acceptors (Lipinski definition) is 5. The summed E-state index contributed by atoms with van der Waals surface area (Å²) in [6, 6.07) is 9.86. The number of esters is 1. The zero-order valence-corrected chi connectivity index (χ0v) is 11.1. The second-order valence-corrected chi connectivity index (χ2v) is 4.80. The summed E-state index contributed by atoms with van der Waals surface area (Å²) in [4.78, 5) is 16.5. The number of hydrogen-bond donors (Lipinski definition) is 0. The lowest BCUT2D eigenvalue weighted by Crippen LogP contribution is -2.04. The van der Waals surface area contributed by atoms with Gasteiger partial charge in [-0.05, 0) is 6.92 Å². The SMILES string of the molecule is CCOC(=O)c1cn2nc(-c3ccccc3)sc2n1. The largest absolute Gasteiger partial charge is 0.461 e. The summed E-state index contributed by atoms with van der Waals surface area (Å²) in [5.41, 5.74) is 1.33. The van der Waals surface area contributed by atoms with E-state index in [0.717, 1.165) is 10.6 Å². The Labute approximate surface area is 113 Å². The average Bonchev–Trinajstić information content (AvgIpc) is 2.98.